The molecule has 3 rings (SSSR count). The maximum atomic E-state index is 13.9. The second kappa shape index (κ2) is 8.19. The first-order valence-corrected chi connectivity index (χ1v) is 11.2. The van der Waals surface area contributed by atoms with Crippen LogP contribution in [0.1, 0.15) is 11.3 Å². The fourth-order valence-electron chi connectivity index (χ4n) is 3.08. The summed E-state index contributed by atoms with van der Waals surface area (Å²) in [6.07, 6.45) is 5.16. The maximum absolute atomic E-state index is 13.9. The zero-order valence-electron chi connectivity index (χ0n) is 14.7. The molecule has 1 saturated heterocycles. The van der Waals surface area contributed by atoms with Gasteiger partial charge in [-0.15, -0.1) is 17.9 Å². The van der Waals surface area contributed by atoms with Crippen LogP contribution in [0, 0.1) is 5.82 Å². The first kappa shape index (κ1) is 19.5. The third kappa shape index (κ3) is 4.73. The minimum atomic E-state index is -3.08. The van der Waals surface area contributed by atoms with Crippen LogP contribution in [-0.2, 0) is 14.6 Å². The summed E-state index contributed by atoms with van der Waals surface area (Å²) in [5, 5.41) is 0. The average molecular weight is 406 g/mol. The van der Waals surface area contributed by atoms with Crippen molar-refractivity contribution in [3.63, 3.8) is 0 Å². The zero-order valence-corrected chi connectivity index (χ0v) is 16.3. The lowest BCUT2D eigenvalue weighted by Gasteiger charge is -2.25. The lowest BCUT2D eigenvalue weighted by molar-refractivity contribution is -0.127. The molecular weight excluding hydrogens is 385 g/mol. The number of hydrogen-bond acceptors (Lipinski definition) is 4. The summed E-state index contributed by atoms with van der Waals surface area (Å²) < 4.78 is 37.3. The van der Waals surface area contributed by atoms with Crippen LogP contribution in [0.5, 0.6) is 0 Å². The van der Waals surface area contributed by atoms with Crippen molar-refractivity contribution in [2.24, 2.45) is 0 Å². The monoisotopic (exact) mass is 405 g/mol. The molecule has 1 aliphatic heterocycles. The molecule has 2 aromatic rings. The summed E-state index contributed by atoms with van der Waals surface area (Å²) in [5.41, 5.74) is 0.526. The molecule has 142 valence electrons. The van der Waals surface area contributed by atoms with E-state index in [-0.39, 0.29) is 29.3 Å². The molecule has 1 atom stereocenters. The SMILES string of the molecule is C=CCN(C(=O)/C=C/c1ccc(-c2ccccc2F)s1)C1CCS(=O)(=O)C1. The lowest BCUT2D eigenvalue weighted by Crippen LogP contribution is -2.40. The summed E-state index contributed by atoms with van der Waals surface area (Å²) in [4.78, 5) is 15.7. The molecule has 0 aliphatic carbocycles. The number of thiophene rings is 1. The molecule has 1 fully saturated rings. The highest BCUT2D eigenvalue weighted by molar-refractivity contribution is 7.91. The average Bonchev–Trinajstić information content (AvgIpc) is 3.24. The fourth-order valence-corrected chi connectivity index (χ4v) is 5.75. The minimum absolute atomic E-state index is 0.00312. The normalized spacial score (nSPS) is 18.6. The number of nitrogens with zero attached hydrogens (tertiary/aromatic N) is 1. The molecule has 0 saturated carbocycles. The van der Waals surface area contributed by atoms with Crippen molar-refractivity contribution in [2.45, 2.75) is 12.5 Å². The molecule has 7 heteroatoms. The number of amides is 1. The van der Waals surface area contributed by atoms with Crippen LogP contribution >= 0.6 is 11.3 Å². The Morgan fingerprint density at radius 2 is 2.07 bits per heavy atom. The Morgan fingerprint density at radius 3 is 2.74 bits per heavy atom. The largest absolute Gasteiger partial charge is 0.331 e. The Labute approximate surface area is 162 Å². The van der Waals surface area contributed by atoms with Gasteiger partial charge in [0, 0.05) is 34.0 Å². The third-order valence-corrected chi connectivity index (χ3v) is 7.25. The van der Waals surface area contributed by atoms with Crippen LogP contribution in [0.4, 0.5) is 4.39 Å². The van der Waals surface area contributed by atoms with Gasteiger partial charge in [-0.2, -0.15) is 0 Å². The molecule has 1 aromatic heterocycles. The van der Waals surface area contributed by atoms with E-state index in [1.54, 1.807) is 35.3 Å². The summed E-state index contributed by atoms with van der Waals surface area (Å²) >= 11 is 1.39. The van der Waals surface area contributed by atoms with E-state index in [9.17, 15) is 17.6 Å². The number of rotatable bonds is 6. The van der Waals surface area contributed by atoms with Gasteiger partial charge in [-0.05, 0) is 30.7 Å². The van der Waals surface area contributed by atoms with Crippen molar-refractivity contribution in [1.29, 1.82) is 0 Å². The minimum Gasteiger partial charge on any atom is -0.331 e. The Balaban J connectivity index is 1.73. The smallest absolute Gasteiger partial charge is 0.247 e. The second-order valence-corrected chi connectivity index (χ2v) is 9.70. The standard InChI is InChI=1S/C20H20FNO3S2/c1-2-12-22(15-11-13-27(24,25)14-15)20(23)10-8-16-7-9-19(26-16)17-5-3-4-6-18(17)21/h2-10,15H,1,11-14H2/b10-8+. The van der Waals surface area contributed by atoms with E-state index in [4.69, 9.17) is 0 Å². The molecule has 2 heterocycles. The second-order valence-electron chi connectivity index (χ2n) is 6.35. The van der Waals surface area contributed by atoms with E-state index < -0.39 is 9.84 Å². The molecule has 1 aliphatic rings. The number of carbonyl (C=O) groups excluding carboxylic acids is 1. The Morgan fingerprint density at radius 1 is 1.30 bits per heavy atom. The molecule has 0 radical (unpaired) electrons. The van der Waals surface area contributed by atoms with Gasteiger partial charge in [-0.3, -0.25) is 4.79 Å². The van der Waals surface area contributed by atoms with Gasteiger partial charge in [0.05, 0.1) is 11.5 Å². The lowest BCUT2D eigenvalue weighted by atomic mass is 10.2. The van der Waals surface area contributed by atoms with Crippen LogP contribution in [0.15, 0.2) is 55.1 Å². The van der Waals surface area contributed by atoms with E-state index in [1.807, 2.05) is 12.1 Å². The molecule has 0 bridgehead atoms. The number of benzene rings is 1. The first-order chi connectivity index (χ1) is 12.9. The highest BCUT2D eigenvalue weighted by Gasteiger charge is 2.33. The van der Waals surface area contributed by atoms with E-state index in [0.29, 0.717) is 18.5 Å². The summed E-state index contributed by atoms with van der Waals surface area (Å²) in [6.45, 7) is 3.95. The Hall–Kier alpha value is -2.25. The van der Waals surface area contributed by atoms with Crippen LogP contribution in [0.25, 0.3) is 16.5 Å². The molecule has 1 aromatic carbocycles. The summed E-state index contributed by atoms with van der Waals surface area (Å²) in [7, 11) is -3.08. The molecule has 0 spiro atoms. The Bertz CT molecular complexity index is 979. The number of carbonyl (C=O) groups is 1. The van der Waals surface area contributed by atoms with Crippen LogP contribution < -0.4 is 0 Å². The van der Waals surface area contributed by atoms with Gasteiger partial charge in [-0.1, -0.05) is 24.3 Å². The first-order valence-electron chi connectivity index (χ1n) is 8.54. The Kier molecular flexibility index (Phi) is 5.92. The van der Waals surface area contributed by atoms with Gasteiger partial charge in [-0.25, -0.2) is 12.8 Å². The van der Waals surface area contributed by atoms with Crippen LogP contribution in [0.2, 0.25) is 0 Å². The third-order valence-electron chi connectivity index (χ3n) is 4.41. The van der Waals surface area contributed by atoms with Gasteiger partial charge in [0.2, 0.25) is 5.91 Å². The molecule has 1 amide bonds. The summed E-state index contributed by atoms with van der Waals surface area (Å²) in [6, 6.07) is 9.88. The maximum Gasteiger partial charge on any atom is 0.247 e. The van der Waals surface area contributed by atoms with Gasteiger partial charge >= 0.3 is 0 Å². The van der Waals surface area contributed by atoms with Crippen LogP contribution in [0.3, 0.4) is 0 Å². The van der Waals surface area contributed by atoms with Gasteiger partial charge in [0.1, 0.15) is 5.82 Å². The molecule has 0 N–H and O–H groups in total. The topological polar surface area (TPSA) is 54.5 Å². The van der Waals surface area contributed by atoms with E-state index in [2.05, 4.69) is 6.58 Å². The van der Waals surface area contributed by atoms with Gasteiger partial charge < -0.3 is 4.90 Å². The predicted octanol–water partition coefficient (Wildman–Crippen LogP) is 3.77. The van der Waals surface area contributed by atoms with Crippen molar-refractivity contribution in [1.82, 2.24) is 4.90 Å². The van der Waals surface area contributed by atoms with Crippen molar-refractivity contribution in [2.75, 3.05) is 18.1 Å². The van der Waals surface area contributed by atoms with Crippen LogP contribution in [-0.4, -0.2) is 43.3 Å². The highest BCUT2D eigenvalue weighted by atomic mass is 32.2. The van der Waals surface area contributed by atoms with E-state index in [1.165, 1.54) is 23.5 Å². The van der Waals surface area contributed by atoms with E-state index in [0.717, 1.165) is 9.75 Å². The quantitative estimate of drug-likeness (QED) is 0.543. The molecule has 1 unspecified atom stereocenters. The number of hydrogen-bond donors (Lipinski definition) is 0. The molecular formula is C20H20FNO3S2. The molecule has 4 nitrogen and oxygen atoms in total. The number of halogens is 1. The van der Waals surface area contributed by atoms with Gasteiger partial charge in [0.15, 0.2) is 9.84 Å². The van der Waals surface area contributed by atoms with E-state index >= 15 is 0 Å². The van der Waals surface area contributed by atoms with Crippen molar-refractivity contribution < 1.29 is 17.6 Å². The zero-order chi connectivity index (χ0) is 19.4. The summed E-state index contributed by atoms with van der Waals surface area (Å²) in [5.74, 6) is -0.431. The predicted molar refractivity (Wildman–Crippen MR) is 108 cm³/mol. The van der Waals surface area contributed by atoms with Gasteiger partial charge in [0.25, 0.3) is 0 Å². The fraction of sp³-hybridized carbons (Fsp3) is 0.250. The number of sulfone groups is 1. The van der Waals surface area contributed by atoms with Crippen molar-refractivity contribution in [3.8, 4) is 10.4 Å². The van der Waals surface area contributed by atoms with Crippen molar-refractivity contribution in [3.05, 3.63) is 65.8 Å². The molecule has 27 heavy (non-hydrogen) atoms. The highest BCUT2D eigenvalue weighted by Crippen LogP contribution is 2.30. The van der Waals surface area contributed by atoms with Crippen molar-refractivity contribution >= 4 is 33.2 Å².